The van der Waals surface area contributed by atoms with Gasteiger partial charge in [-0.1, -0.05) is 26.8 Å². The van der Waals surface area contributed by atoms with E-state index in [-0.39, 0.29) is 29.5 Å². The molecule has 1 aromatic rings. The van der Waals surface area contributed by atoms with Gasteiger partial charge in [0.2, 0.25) is 0 Å². The molecule has 112 valence electrons. The van der Waals surface area contributed by atoms with Gasteiger partial charge in [0.15, 0.2) is 0 Å². The van der Waals surface area contributed by atoms with Gasteiger partial charge < -0.3 is 15.7 Å². The molecule has 1 aliphatic carbocycles. The van der Waals surface area contributed by atoms with Crippen molar-refractivity contribution >= 4 is 17.4 Å². The standard InChI is InChI=1S/C15H24N2O2S/c1-14(2,3)12(11-5-4-8-20-11)17-13(19)16-9-15(10-18)6-7-15/h4-5,8,12,18H,6-7,9-10H2,1-3H3,(H2,16,17,19). The van der Waals surface area contributed by atoms with Crippen LogP contribution in [0.2, 0.25) is 0 Å². The third kappa shape index (κ3) is 3.73. The molecule has 20 heavy (non-hydrogen) atoms. The number of amides is 2. The number of aliphatic hydroxyl groups excluding tert-OH is 1. The molecule has 2 rings (SSSR count). The Morgan fingerprint density at radius 3 is 2.65 bits per heavy atom. The maximum atomic E-state index is 12.1. The monoisotopic (exact) mass is 296 g/mol. The van der Waals surface area contributed by atoms with Gasteiger partial charge >= 0.3 is 6.03 Å². The van der Waals surface area contributed by atoms with E-state index in [1.165, 1.54) is 0 Å². The van der Waals surface area contributed by atoms with Crippen molar-refractivity contribution in [2.24, 2.45) is 10.8 Å². The number of hydrogen-bond donors (Lipinski definition) is 3. The molecule has 1 aromatic heterocycles. The highest BCUT2D eigenvalue weighted by Crippen LogP contribution is 2.44. The Balaban J connectivity index is 1.93. The first-order valence-corrected chi connectivity index (χ1v) is 7.93. The Morgan fingerprint density at radius 1 is 1.50 bits per heavy atom. The maximum Gasteiger partial charge on any atom is 0.315 e. The number of carbonyl (C=O) groups is 1. The van der Waals surface area contributed by atoms with Crippen LogP contribution in [0.5, 0.6) is 0 Å². The molecule has 1 heterocycles. The fraction of sp³-hybridized carbons (Fsp3) is 0.667. The topological polar surface area (TPSA) is 61.4 Å². The molecule has 0 radical (unpaired) electrons. The Bertz CT molecular complexity index is 447. The molecule has 0 saturated heterocycles. The summed E-state index contributed by atoms with van der Waals surface area (Å²) in [6.45, 7) is 7.06. The molecule has 1 saturated carbocycles. The van der Waals surface area contributed by atoms with Crippen LogP contribution >= 0.6 is 11.3 Å². The Hall–Kier alpha value is -1.07. The second-order valence-electron chi connectivity index (χ2n) is 6.80. The molecule has 3 N–H and O–H groups in total. The number of urea groups is 1. The molecule has 0 aliphatic heterocycles. The number of hydrogen-bond acceptors (Lipinski definition) is 3. The van der Waals surface area contributed by atoms with Gasteiger partial charge in [-0.25, -0.2) is 4.79 Å². The van der Waals surface area contributed by atoms with E-state index in [0.29, 0.717) is 6.54 Å². The average molecular weight is 296 g/mol. The Kier molecular flexibility index (Phi) is 4.39. The van der Waals surface area contributed by atoms with Crippen LogP contribution < -0.4 is 10.6 Å². The van der Waals surface area contributed by atoms with Gasteiger partial charge in [0.05, 0.1) is 12.6 Å². The van der Waals surface area contributed by atoms with Crippen LogP contribution in [-0.2, 0) is 0 Å². The highest BCUT2D eigenvalue weighted by atomic mass is 32.1. The first-order chi connectivity index (χ1) is 9.36. The molecule has 1 unspecified atom stereocenters. The molecule has 1 atom stereocenters. The second-order valence-corrected chi connectivity index (χ2v) is 7.78. The summed E-state index contributed by atoms with van der Waals surface area (Å²) >= 11 is 1.66. The second kappa shape index (κ2) is 5.74. The normalized spacial score (nSPS) is 18.4. The van der Waals surface area contributed by atoms with Crippen LogP contribution in [0.4, 0.5) is 4.79 Å². The fourth-order valence-corrected chi connectivity index (χ4v) is 3.21. The first kappa shape index (κ1) is 15.3. The minimum atomic E-state index is -0.155. The van der Waals surface area contributed by atoms with Crippen LogP contribution in [0.1, 0.15) is 44.5 Å². The summed E-state index contributed by atoms with van der Waals surface area (Å²) in [6, 6.07) is 3.89. The predicted octanol–water partition coefficient (Wildman–Crippen LogP) is 2.91. The molecule has 1 fully saturated rings. The summed E-state index contributed by atoms with van der Waals surface area (Å²) in [4.78, 5) is 13.2. The third-order valence-corrected chi connectivity index (χ3v) is 4.82. The minimum Gasteiger partial charge on any atom is -0.396 e. The number of nitrogens with one attached hydrogen (secondary N) is 2. The smallest absolute Gasteiger partial charge is 0.315 e. The third-order valence-electron chi connectivity index (χ3n) is 3.89. The molecule has 0 bridgehead atoms. The number of aliphatic hydroxyl groups is 1. The van der Waals surface area contributed by atoms with Gasteiger partial charge in [-0.05, 0) is 29.7 Å². The lowest BCUT2D eigenvalue weighted by atomic mass is 9.86. The van der Waals surface area contributed by atoms with E-state index >= 15 is 0 Å². The van der Waals surface area contributed by atoms with Crippen LogP contribution in [-0.4, -0.2) is 24.3 Å². The van der Waals surface area contributed by atoms with Crippen molar-refractivity contribution in [1.29, 1.82) is 0 Å². The largest absolute Gasteiger partial charge is 0.396 e. The lowest BCUT2D eigenvalue weighted by molar-refractivity contribution is 0.196. The van der Waals surface area contributed by atoms with Crippen molar-refractivity contribution in [3.63, 3.8) is 0 Å². The van der Waals surface area contributed by atoms with Crippen molar-refractivity contribution in [3.8, 4) is 0 Å². The van der Waals surface area contributed by atoms with Crippen molar-refractivity contribution in [1.82, 2.24) is 10.6 Å². The molecule has 1 aliphatic rings. The SMILES string of the molecule is CC(C)(C)C(NC(=O)NCC1(CO)CC1)c1cccs1. The number of rotatable bonds is 5. The average Bonchev–Trinajstić information content (AvgIpc) is 2.97. The lowest BCUT2D eigenvalue weighted by Crippen LogP contribution is -2.44. The van der Waals surface area contributed by atoms with Crippen molar-refractivity contribution in [2.45, 2.75) is 39.7 Å². The summed E-state index contributed by atoms with van der Waals surface area (Å²) in [7, 11) is 0. The van der Waals surface area contributed by atoms with Gasteiger partial charge in [-0.15, -0.1) is 11.3 Å². The van der Waals surface area contributed by atoms with Gasteiger partial charge in [0.25, 0.3) is 0 Å². The molecule has 2 amide bonds. The minimum absolute atomic E-state index is 0.00761. The van der Waals surface area contributed by atoms with Gasteiger partial charge in [-0.3, -0.25) is 0 Å². The lowest BCUT2D eigenvalue weighted by Gasteiger charge is -2.31. The number of thiophene rings is 1. The van der Waals surface area contributed by atoms with Crippen LogP contribution in [0.25, 0.3) is 0 Å². The Labute approximate surface area is 124 Å². The van der Waals surface area contributed by atoms with E-state index < -0.39 is 0 Å². The van der Waals surface area contributed by atoms with E-state index in [2.05, 4.69) is 37.5 Å². The van der Waals surface area contributed by atoms with Gasteiger partial charge in [0.1, 0.15) is 0 Å². The van der Waals surface area contributed by atoms with Crippen molar-refractivity contribution in [3.05, 3.63) is 22.4 Å². The molecule has 4 nitrogen and oxygen atoms in total. The zero-order valence-electron chi connectivity index (χ0n) is 12.4. The van der Waals surface area contributed by atoms with Gasteiger partial charge in [0, 0.05) is 16.8 Å². The molecular formula is C15H24N2O2S. The summed E-state index contributed by atoms with van der Waals surface area (Å²) < 4.78 is 0. The van der Waals surface area contributed by atoms with E-state index in [1.807, 2.05) is 11.4 Å². The summed E-state index contributed by atoms with van der Waals surface area (Å²) in [5.74, 6) is 0. The number of carbonyl (C=O) groups excluding carboxylic acids is 1. The molecular weight excluding hydrogens is 272 g/mol. The van der Waals surface area contributed by atoms with E-state index in [1.54, 1.807) is 11.3 Å². The fourth-order valence-electron chi connectivity index (χ4n) is 2.19. The molecule has 5 heteroatoms. The zero-order chi connectivity index (χ0) is 14.8. The van der Waals surface area contributed by atoms with E-state index in [0.717, 1.165) is 17.7 Å². The zero-order valence-corrected chi connectivity index (χ0v) is 13.2. The van der Waals surface area contributed by atoms with E-state index in [9.17, 15) is 9.90 Å². The summed E-state index contributed by atoms with van der Waals surface area (Å²) in [5.41, 5.74) is -0.103. The van der Waals surface area contributed by atoms with Crippen molar-refractivity contribution < 1.29 is 9.90 Å². The first-order valence-electron chi connectivity index (χ1n) is 7.05. The van der Waals surface area contributed by atoms with Gasteiger partial charge in [-0.2, -0.15) is 0 Å². The highest BCUT2D eigenvalue weighted by molar-refractivity contribution is 7.10. The summed E-state index contributed by atoms with van der Waals surface area (Å²) in [6.07, 6.45) is 1.99. The van der Waals surface area contributed by atoms with Crippen molar-refractivity contribution in [2.75, 3.05) is 13.2 Å². The quantitative estimate of drug-likeness (QED) is 0.782. The predicted molar refractivity (Wildman–Crippen MR) is 81.8 cm³/mol. The van der Waals surface area contributed by atoms with Crippen LogP contribution in [0.3, 0.4) is 0 Å². The molecule has 0 spiro atoms. The van der Waals surface area contributed by atoms with Crippen LogP contribution in [0.15, 0.2) is 17.5 Å². The highest BCUT2D eigenvalue weighted by Gasteiger charge is 2.42. The summed E-state index contributed by atoms with van der Waals surface area (Å²) in [5, 5.41) is 17.2. The maximum absolute atomic E-state index is 12.1. The Morgan fingerprint density at radius 2 is 2.20 bits per heavy atom. The van der Waals surface area contributed by atoms with Crippen LogP contribution in [0, 0.1) is 10.8 Å². The van der Waals surface area contributed by atoms with E-state index in [4.69, 9.17) is 0 Å². The molecule has 0 aromatic carbocycles.